The Hall–Kier alpha value is -2.48. The summed E-state index contributed by atoms with van der Waals surface area (Å²) in [5.74, 6) is -0.351. The topological polar surface area (TPSA) is 75.3 Å². The zero-order valence-corrected chi connectivity index (χ0v) is 18.7. The van der Waals surface area contributed by atoms with Gasteiger partial charge in [0.15, 0.2) is 0 Å². The Kier molecular flexibility index (Phi) is 7.79. The zero-order valence-electron chi connectivity index (χ0n) is 16.3. The van der Waals surface area contributed by atoms with Crippen molar-refractivity contribution in [2.45, 2.75) is 23.8 Å². The van der Waals surface area contributed by atoms with E-state index in [1.54, 1.807) is 12.1 Å². The molecule has 0 spiro atoms. The van der Waals surface area contributed by atoms with Gasteiger partial charge >= 0.3 is 0 Å². The number of rotatable bonds is 9. The van der Waals surface area contributed by atoms with E-state index in [-0.39, 0.29) is 17.2 Å². The van der Waals surface area contributed by atoms with Crippen LogP contribution in [0.3, 0.4) is 0 Å². The number of halogens is 1. The van der Waals surface area contributed by atoms with Crippen molar-refractivity contribution in [2.24, 2.45) is 0 Å². The summed E-state index contributed by atoms with van der Waals surface area (Å²) < 4.78 is 29.0. The summed E-state index contributed by atoms with van der Waals surface area (Å²) in [6, 6.07) is 24.6. The van der Waals surface area contributed by atoms with Crippen LogP contribution in [-0.2, 0) is 27.7 Å². The summed E-state index contributed by atoms with van der Waals surface area (Å²) in [4.78, 5) is 13.0. The number of hydrogen-bond acceptors (Lipinski definition) is 3. The van der Waals surface area contributed by atoms with Crippen molar-refractivity contribution in [2.75, 3.05) is 6.54 Å². The molecule has 156 valence electrons. The minimum absolute atomic E-state index is 0.112. The lowest BCUT2D eigenvalue weighted by Crippen LogP contribution is -2.48. The molecule has 0 saturated heterocycles. The molecule has 0 fully saturated rings. The normalized spacial score (nSPS) is 12.3. The summed E-state index contributed by atoms with van der Waals surface area (Å²) >= 11 is 3.30. The molecule has 1 atom stereocenters. The molecule has 0 heterocycles. The Morgan fingerprint density at radius 1 is 0.833 bits per heavy atom. The van der Waals surface area contributed by atoms with E-state index in [2.05, 4.69) is 26.0 Å². The maximum atomic E-state index is 12.9. The highest BCUT2D eigenvalue weighted by Crippen LogP contribution is 2.15. The van der Waals surface area contributed by atoms with Crippen LogP contribution in [0.4, 0.5) is 0 Å². The zero-order chi connectivity index (χ0) is 21.4. The van der Waals surface area contributed by atoms with Crippen LogP contribution in [0, 0.1) is 0 Å². The molecule has 0 unspecified atom stereocenters. The predicted molar refractivity (Wildman–Crippen MR) is 122 cm³/mol. The molecule has 3 rings (SSSR count). The number of hydrogen-bond donors (Lipinski definition) is 2. The summed E-state index contributed by atoms with van der Waals surface area (Å²) in [6.45, 7) is 0.425. The third kappa shape index (κ3) is 6.52. The Balaban J connectivity index is 1.72. The van der Waals surface area contributed by atoms with Gasteiger partial charge in [-0.2, -0.15) is 4.72 Å². The molecule has 0 aliphatic carbocycles. The second-order valence-corrected chi connectivity index (χ2v) is 9.47. The summed E-state index contributed by atoms with van der Waals surface area (Å²) in [5, 5.41) is 2.86. The monoisotopic (exact) mass is 486 g/mol. The van der Waals surface area contributed by atoms with Gasteiger partial charge in [0.25, 0.3) is 0 Å². The third-order valence-electron chi connectivity index (χ3n) is 4.58. The fourth-order valence-electron chi connectivity index (χ4n) is 3.00. The minimum Gasteiger partial charge on any atom is -0.354 e. The van der Waals surface area contributed by atoms with Gasteiger partial charge in [0.2, 0.25) is 15.9 Å². The molecule has 5 nitrogen and oxygen atoms in total. The van der Waals surface area contributed by atoms with Crippen molar-refractivity contribution in [1.29, 1.82) is 0 Å². The Morgan fingerprint density at radius 3 is 2.00 bits per heavy atom. The highest BCUT2D eigenvalue weighted by molar-refractivity contribution is 9.10. The van der Waals surface area contributed by atoms with Gasteiger partial charge < -0.3 is 5.32 Å². The maximum absolute atomic E-state index is 12.9. The standard InChI is InChI=1S/C23H23BrN2O3S/c24-20-11-13-21(14-12-20)30(28,29)26-22(17-19-9-5-2-6-10-19)23(27)25-16-15-18-7-3-1-4-8-18/h1-14,22,26H,15-17H2,(H,25,27)/t22-/m0/s1. The molecule has 0 radical (unpaired) electrons. The van der Waals surface area contributed by atoms with E-state index < -0.39 is 16.1 Å². The minimum atomic E-state index is -3.85. The van der Waals surface area contributed by atoms with E-state index in [0.29, 0.717) is 13.0 Å². The van der Waals surface area contributed by atoms with Crippen molar-refractivity contribution >= 4 is 31.9 Å². The van der Waals surface area contributed by atoms with Crippen LogP contribution in [-0.4, -0.2) is 26.9 Å². The van der Waals surface area contributed by atoms with Crippen LogP contribution in [0.15, 0.2) is 94.3 Å². The first-order valence-electron chi connectivity index (χ1n) is 9.57. The van der Waals surface area contributed by atoms with Crippen LogP contribution < -0.4 is 10.0 Å². The molecule has 0 bridgehead atoms. The fourth-order valence-corrected chi connectivity index (χ4v) is 4.46. The summed E-state index contributed by atoms with van der Waals surface area (Å²) in [5.41, 5.74) is 1.98. The SMILES string of the molecule is O=C(NCCc1ccccc1)[C@H](Cc1ccccc1)NS(=O)(=O)c1ccc(Br)cc1. The van der Waals surface area contributed by atoms with Crippen LogP contribution in [0.25, 0.3) is 0 Å². The number of sulfonamides is 1. The number of carbonyl (C=O) groups is 1. The number of carbonyl (C=O) groups excluding carboxylic acids is 1. The van der Waals surface area contributed by atoms with Gasteiger partial charge in [0.1, 0.15) is 6.04 Å². The second kappa shape index (κ2) is 10.5. The van der Waals surface area contributed by atoms with E-state index in [4.69, 9.17) is 0 Å². The molecule has 3 aromatic carbocycles. The highest BCUT2D eigenvalue weighted by atomic mass is 79.9. The molecule has 3 aromatic rings. The summed E-state index contributed by atoms with van der Waals surface area (Å²) in [7, 11) is -3.85. The molecule has 0 saturated carbocycles. The predicted octanol–water partition coefficient (Wildman–Crippen LogP) is 3.70. The first-order valence-corrected chi connectivity index (χ1v) is 11.8. The van der Waals surface area contributed by atoms with Gasteiger partial charge in [-0.3, -0.25) is 4.79 Å². The molecule has 0 aliphatic heterocycles. The second-order valence-electron chi connectivity index (χ2n) is 6.84. The van der Waals surface area contributed by atoms with E-state index in [1.165, 1.54) is 12.1 Å². The molecule has 2 N–H and O–H groups in total. The lowest BCUT2D eigenvalue weighted by molar-refractivity contribution is -0.122. The Bertz CT molecular complexity index is 1060. The molecule has 30 heavy (non-hydrogen) atoms. The van der Waals surface area contributed by atoms with E-state index in [0.717, 1.165) is 15.6 Å². The third-order valence-corrected chi connectivity index (χ3v) is 6.59. The average Bonchev–Trinajstić information content (AvgIpc) is 2.75. The molecule has 1 amide bonds. The van der Waals surface area contributed by atoms with E-state index in [9.17, 15) is 13.2 Å². The first kappa shape index (κ1) is 22.2. The smallest absolute Gasteiger partial charge is 0.241 e. The molecule has 0 aliphatic rings. The Morgan fingerprint density at radius 2 is 1.40 bits per heavy atom. The summed E-state index contributed by atoms with van der Waals surface area (Å²) in [6.07, 6.45) is 0.928. The van der Waals surface area contributed by atoms with Gasteiger partial charge in [-0.05, 0) is 48.2 Å². The van der Waals surface area contributed by atoms with Crippen LogP contribution in [0.1, 0.15) is 11.1 Å². The molecular weight excluding hydrogens is 464 g/mol. The highest BCUT2D eigenvalue weighted by Gasteiger charge is 2.26. The van der Waals surface area contributed by atoms with E-state index in [1.807, 2.05) is 60.7 Å². The quantitative estimate of drug-likeness (QED) is 0.484. The Labute approximate surface area is 185 Å². The van der Waals surface area contributed by atoms with E-state index >= 15 is 0 Å². The lowest BCUT2D eigenvalue weighted by Gasteiger charge is -2.19. The fraction of sp³-hybridized carbons (Fsp3) is 0.174. The molecule has 0 aromatic heterocycles. The number of nitrogens with one attached hydrogen (secondary N) is 2. The number of benzene rings is 3. The largest absolute Gasteiger partial charge is 0.354 e. The van der Waals surface area contributed by atoms with Crippen LogP contribution in [0.2, 0.25) is 0 Å². The van der Waals surface area contributed by atoms with Gasteiger partial charge in [-0.15, -0.1) is 0 Å². The van der Waals surface area contributed by atoms with Crippen molar-refractivity contribution < 1.29 is 13.2 Å². The maximum Gasteiger partial charge on any atom is 0.241 e. The van der Waals surface area contributed by atoms with Crippen LogP contribution >= 0.6 is 15.9 Å². The molecular formula is C23H23BrN2O3S. The van der Waals surface area contributed by atoms with Crippen molar-refractivity contribution in [3.63, 3.8) is 0 Å². The van der Waals surface area contributed by atoms with Crippen molar-refractivity contribution in [3.05, 3.63) is 101 Å². The van der Waals surface area contributed by atoms with Gasteiger partial charge in [0.05, 0.1) is 4.90 Å². The van der Waals surface area contributed by atoms with Crippen molar-refractivity contribution in [1.82, 2.24) is 10.0 Å². The average molecular weight is 487 g/mol. The lowest BCUT2D eigenvalue weighted by atomic mass is 10.1. The van der Waals surface area contributed by atoms with Gasteiger partial charge in [-0.1, -0.05) is 76.6 Å². The van der Waals surface area contributed by atoms with Gasteiger partial charge in [-0.25, -0.2) is 8.42 Å². The molecule has 7 heteroatoms. The van der Waals surface area contributed by atoms with Gasteiger partial charge in [0, 0.05) is 11.0 Å². The first-order chi connectivity index (χ1) is 14.4. The van der Waals surface area contributed by atoms with Crippen LogP contribution in [0.5, 0.6) is 0 Å². The van der Waals surface area contributed by atoms with Crippen molar-refractivity contribution in [3.8, 4) is 0 Å². The number of amides is 1.